The molecular formula is C16H24ClN3O. The summed E-state index contributed by atoms with van der Waals surface area (Å²) >= 11 is 6.32. The number of aromatic nitrogens is 2. The van der Waals surface area contributed by atoms with Crippen LogP contribution in [0.25, 0.3) is 11.0 Å². The van der Waals surface area contributed by atoms with Crippen molar-refractivity contribution in [3.05, 3.63) is 24.0 Å². The van der Waals surface area contributed by atoms with Gasteiger partial charge in [0, 0.05) is 19.1 Å². The number of methoxy groups -OCH3 is 1. The van der Waals surface area contributed by atoms with Crippen LogP contribution in [0.15, 0.2) is 18.2 Å². The molecule has 0 aliphatic carbocycles. The van der Waals surface area contributed by atoms with Crippen molar-refractivity contribution in [1.29, 1.82) is 0 Å². The summed E-state index contributed by atoms with van der Waals surface area (Å²) in [6.45, 7) is 8.17. The van der Waals surface area contributed by atoms with Gasteiger partial charge in [0.2, 0.25) is 0 Å². The zero-order valence-corrected chi connectivity index (χ0v) is 14.2. The minimum atomic E-state index is -0.133. The normalized spacial score (nSPS) is 13.3. The molecule has 21 heavy (non-hydrogen) atoms. The van der Waals surface area contributed by atoms with E-state index in [1.807, 2.05) is 19.1 Å². The molecule has 0 fully saturated rings. The van der Waals surface area contributed by atoms with Crippen molar-refractivity contribution in [2.45, 2.75) is 38.7 Å². The van der Waals surface area contributed by atoms with Crippen LogP contribution in [0.4, 0.5) is 0 Å². The Hall–Kier alpha value is -1.26. The van der Waals surface area contributed by atoms with Crippen LogP contribution in [0.5, 0.6) is 5.75 Å². The summed E-state index contributed by atoms with van der Waals surface area (Å²) in [4.78, 5) is 7.01. The highest BCUT2D eigenvalue weighted by molar-refractivity contribution is 6.20. The zero-order valence-electron chi connectivity index (χ0n) is 13.4. The fourth-order valence-corrected chi connectivity index (χ4v) is 2.53. The molecule has 0 N–H and O–H groups in total. The van der Waals surface area contributed by atoms with Crippen molar-refractivity contribution in [2.24, 2.45) is 0 Å². The minimum Gasteiger partial charge on any atom is -0.494 e. The first-order chi connectivity index (χ1) is 9.95. The molecule has 5 heteroatoms. The van der Waals surface area contributed by atoms with Crippen molar-refractivity contribution in [3.63, 3.8) is 0 Å². The fraction of sp³-hybridized carbons (Fsp3) is 0.562. The van der Waals surface area contributed by atoms with E-state index in [-0.39, 0.29) is 5.38 Å². The number of fused-ring (bicyclic) bond motifs is 1. The molecule has 0 saturated carbocycles. The number of para-hydroxylation sites is 1. The van der Waals surface area contributed by atoms with E-state index in [1.54, 1.807) is 7.11 Å². The number of alkyl halides is 1. The van der Waals surface area contributed by atoms with Gasteiger partial charge in [-0.25, -0.2) is 4.98 Å². The second-order valence-electron chi connectivity index (χ2n) is 5.64. The Morgan fingerprint density at radius 2 is 2.05 bits per heavy atom. The average molecular weight is 310 g/mol. The lowest BCUT2D eigenvalue weighted by molar-refractivity contribution is 0.263. The maximum absolute atomic E-state index is 6.32. The third-order valence-corrected chi connectivity index (χ3v) is 4.10. The van der Waals surface area contributed by atoms with E-state index in [4.69, 9.17) is 21.3 Å². The smallest absolute Gasteiger partial charge is 0.146 e. The highest BCUT2D eigenvalue weighted by Crippen LogP contribution is 2.30. The SMILES string of the molecule is COc1cccc2c1nc(C(C)Cl)n2CCN(C)C(C)C. The summed E-state index contributed by atoms with van der Waals surface area (Å²) in [7, 11) is 3.80. The third-order valence-electron chi connectivity index (χ3n) is 3.90. The van der Waals surface area contributed by atoms with Crippen LogP contribution in [-0.4, -0.2) is 41.2 Å². The lowest BCUT2D eigenvalue weighted by Crippen LogP contribution is -2.30. The number of hydrogen-bond acceptors (Lipinski definition) is 3. The van der Waals surface area contributed by atoms with E-state index in [9.17, 15) is 0 Å². The first-order valence-corrected chi connectivity index (χ1v) is 7.76. The predicted octanol–water partition coefficient (Wildman–Crippen LogP) is 3.68. The van der Waals surface area contributed by atoms with Gasteiger partial charge in [-0.15, -0.1) is 11.6 Å². The molecule has 0 radical (unpaired) electrons. The number of rotatable bonds is 6. The van der Waals surface area contributed by atoms with Crippen LogP contribution >= 0.6 is 11.6 Å². The maximum atomic E-state index is 6.32. The van der Waals surface area contributed by atoms with Crippen LogP contribution in [-0.2, 0) is 6.54 Å². The second kappa shape index (κ2) is 6.67. The summed E-state index contributed by atoms with van der Waals surface area (Å²) in [6.07, 6.45) is 0. The van der Waals surface area contributed by atoms with Gasteiger partial charge in [0.25, 0.3) is 0 Å². The number of benzene rings is 1. The molecule has 0 spiro atoms. The van der Waals surface area contributed by atoms with Gasteiger partial charge in [-0.2, -0.15) is 0 Å². The molecule has 2 rings (SSSR count). The van der Waals surface area contributed by atoms with Gasteiger partial charge in [-0.3, -0.25) is 0 Å². The summed E-state index contributed by atoms with van der Waals surface area (Å²) in [5.74, 6) is 1.69. The van der Waals surface area contributed by atoms with Gasteiger partial charge >= 0.3 is 0 Å². The van der Waals surface area contributed by atoms with Crippen molar-refractivity contribution < 1.29 is 4.74 Å². The minimum absolute atomic E-state index is 0.133. The number of imidazole rings is 1. The molecule has 116 valence electrons. The van der Waals surface area contributed by atoms with E-state index < -0.39 is 0 Å². The molecule has 4 nitrogen and oxygen atoms in total. The molecular weight excluding hydrogens is 286 g/mol. The molecule has 1 unspecified atom stereocenters. The first kappa shape index (κ1) is 16.1. The summed E-state index contributed by atoms with van der Waals surface area (Å²) < 4.78 is 7.61. The Balaban J connectivity index is 2.42. The Morgan fingerprint density at radius 3 is 2.62 bits per heavy atom. The van der Waals surface area contributed by atoms with E-state index in [2.05, 4.69) is 36.4 Å². The summed E-state index contributed by atoms with van der Waals surface area (Å²) in [6, 6.07) is 6.52. The second-order valence-corrected chi connectivity index (χ2v) is 6.29. The number of halogens is 1. The van der Waals surface area contributed by atoms with Gasteiger partial charge in [0.15, 0.2) is 0 Å². The lowest BCUT2D eigenvalue weighted by atomic mass is 10.3. The van der Waals surface area contributed by atoms with Crippen molar-refractivity contribution in [3.8, 4) is 5.75 Å². The maximum Gasteiger partial charge on any atom is 0.146 e. The molecule has 1 atom stereocenters. The highest BCUT2D eigenvalue weighted by atomic mass is 35.5. The predicted molar refractivity (Wildman–Crippen MR) is 88.3 cm³/mol. The monoisotopic (exact) mass is 309 g/mol. The van der Waals surface area contributed by atoms with E-state index in [0.717, 1.165) is 35.7 Å². The van der Waals surface area contributed by atoms with E-state index >= 15 is 0 Å². The van der Waals surface area contributed by atoms with Crippen molar-refractivity contribution >= 4 is 22.6 Å². The molecule has 1 aromatic heterocycles. The summed E-state index contributed by atoms with van der Waals surface area (Å²) in [5.41, 5.74) is 1.96. The van der Waals surface area contributed by atoms with Gasteiger partial charge in [0.1, 0.15) is 17.1 Å². The highest BCUT2D eigenvalue weighted by Gasteiger charge is 2.17. The Labute approximate surface area is 131 Å². The van der Waals surface area contributed by atoms with Crippen LogP contribution in [0.2, 0.25) is 0 Å². The molecule has 2 aromatic rings. The first-order valence-electron chi connectivity index (χ1n) is 7.33. The van der Waals surface area contributed by atoms with Crippen LogP contribution in [0, 0.1) is 0 Å². The topological polar surface area (TPSA) is 30.3 Å². The van der Waals surface area contributed by atoms with Crippen LogP contribution in [0.1, 0.15) is 32.0 Å². The lowest BCUT2D eigenvalue weighted by Gasteiger charge is -2.22. The molecule has 0 bridgehead atoms. The summed E-state index contributed by atoms with van der Waals surface area (Å²) in [5, 5.41) is -0.133. The average Bonchev–Trinajstić information content (AvgIpc) is 2.83. The van der Waals surface area contributed by atoms with Gasteiger partial charge in [-0.1, -0.05) is 6.07 Å². The fourth-order valence-electron chi connectivity index (χ4n) is 2.36. The number of hydrogen-bond donors (Lipinski definition) is 0. The molecule has 1 aromatic carbocycles. The standard InChI is InChI=1S/C16H24ClN3O/c1-11(2)19(4)9-10-20-13-7-6-8-14(21-5)15(13)18-16(20)12(3)17/h6-8,11-12H,9-10H2,1-5H3. The Morgan fingerprint density at radius 1 is 1.33 bits per heavy atom. The molecule has 0 saturated heterocycles. The molecule has 0 amide bonds. The van der Waals surface area contributed by atoms with E-state index in [1.165, 1.54) is 0 Å². The van der Waals surface area contributed by atoms with Crippen LogP contribution in [0.3, 0.4) is 0 Å². The van der Waals surface area contributed by atoms with Gasteiger partial charge in [-0.05, 0) is 40.0 Å². The number of likely N-dealkylation sites (N-methyl/N-ethyl adjacent to an activating group) is 1. The van der Waals surface area contributed by atoms with Gasteiger partial charge in [0.05, 0.1) is 18.0 Å². The number of ether oxygens (including phenoxy) is 1. The van der Waals surface area contributed by atoms with Crippen molar-refractivity contribution in [2.75, 3.05) is 20.7 Å². The Kier molecular flexibility index (Phi) is 5.12. The molecule has 0 aliphatic rings. The molecule has 0 aliphatic heterocycles. The van der Waals surface area contributed by atoms with Gasteiger partial charge < -0.3 is 14.2 Å². The van der Waals surface area contributed by atoms with Crippen LogP contribution < -0.4 is 4.74 Å². The van der Waals surface area contributed by atoms with Crippen molar-refractivity contribution in [1.82, 2.24) is 14.5 Å². The zero-order chi connectivity index (χ0) is 15.6. The van der Waals surface area contributed by atoms with E-state index in [0.29, 0.717) is 6.04 Å². The third kappa shape index (κ3) is 3.33. The largest absolute Gasteiger partial charge is 0.494 e. The number of nitrogens with zero attached hydrogens (tertiary/aromatic N) is 3. The Bertz CT molecular complexity index is 607. The quantitative estimate of drug-likeness (QED) is 0.762. The molecule has 1 heterocycles.